The fourth-order valence-corrected chi connectivity index (χ4v) is 4.44. The maximum Gasteiger partial charge on any atom is 0.0677 e. The summed E-state index contributed by atoms with van der Waals surface area (Å²) in [6, 6.07) is 13.5. The molecular weight excluding hydrogens is 246 g/mol. The van der Waals surface area contributed by atoms with Gasteiger partial charge in [-0.1, -0.05) is 24.6 Å². The summed E-state index contributed by atoms with van der Waals surface area (Å²) in [4.78, 5) is 2.29. The van der Waals surface area contributed by atoms with Crippen molar-refractivity contribution in [2.24, 2.45) is 5.92 Å². The molecule has 1 aliphatic carbocycles. The second kappa shape index (κ2) is 4.84. The van der Waals surface area contributed by atoms with Crippen molar-refractivity contribution in [1.29, 1.82) is 10.5 Å². The second-order valence-electron chi connectivity index (χ2n) is 6.01. The van der Waals surface area contributed by atoms with E-state index in [4.69, 9.17) is 5.26 Å². The van der Waals surface area contributed by atoms with E-state index < -0.39 is 0 Å². The van der Waals surface area contributed by atoms with Gasteiger partial charge in [-0.2, -0.15) is 10.5 Å². The summed E-state index contributed by atoms with van der Waals surface area (Å²) in [5.41, 5.74) is 2.60. The Morgan fingerprint density at radius 2 is 2.15 bits per heavy atom. The number of hydrogen-bond acceptors (Lipinski definition) is 3. The van der Waals surface area contributed by atoms with Gasteiger partial charge in [-0.15, -0.1) is 0 Å². The highest BCUT2D eigenvalue weighted by atomic mass is 15.2. The SMILES string of the molecule is CN1c2ccccc2[C@]2(CCC#N)CCC[C@@H](C#N)[C@H]12. The van der Waals surface area contributed by atoms with E-state index >= 15 is 0 Å². The molecule has 0 bridgehead atoms. The van der Waals surface area contributed by atoms with E-state index in [0.717, 1.165) is 25.7 Å². The van der Waals surface area contributed by atoms with Gasteiger partial charge in [0.2, 0.25) is 0 Å². The van der Waals surface area contributed by atoms with Crippen LogP contribution in [0, 0.1) is 28.6 Å². The van der Waals surface area contributed by atoms with Crippen LogP contribution in [0.25, 0.3) is 0 Å². The molecule has 3 nitrogen and oxygen atoms in total. The van der Waals surface area contributed by atoms with Crippen molar-refractivity contribution < 1.29 is 0 Å². The summed E-state index contributed by atoms with van der Waals surface area (Å²) in [5, 5.41) is 18.6. The molecule has 102 valence electrons. The molecule has 3 heteroatoms. The van der Waals surface area contributed by atoms with Crippen LogP contribution in [0.5, 0.6) is 0 Å². The Morgan fingerprint density at radius 3 is 2.90 bits per heavy atom. The molecule has 0 aromatic heterocycles. The van der Waals surface area contributed by atoms with E-state index in [-0.39, 0.29) is 17.4 Å². The number of likely N-dealkylation sites (N-methyl/N-ethyl adjacent to an activating group) is 1. The molecule has 1 fully saturated rings. The minimum Gasteiger partial charge on any atom is -0.369 e. The summed E-state index contributed by atoms with van der Waals surface area (Å²) >= 11 is 0. The lowest BCUT2D eigenvalue weighted by molar-refractivity contribution is 0.210. The molecule has 2 aliphatic rings. The summed E-state index contributed by atoms with van der Waals surface area (Å²) < 4.78 is 0. The monoisotopic (exact) mass is 265 g/mol. The van der Waals surface area contributed by atoms with Crippen LogP contribution in [-0.2, 0) is 5.41 Å². The van der Waals surface area contributed by atoms with Crippen molar-refractivity contribution in [3.63, 3.8) is 0 Å². The average Bonchev–Trinajstić information content (AvgIpc) is 2.76. The Morgan fingerprint density at radius 1 is 1.35 bits per heavy atom. The van der Waals surface area contributed by atoms with Crippen molar-refractivity contribution in [3.8, 4) is 12.1 Å². The minimum absolute atomic E-state index is 0.000278. The average molecular weight is 265 g/mol. The van der Waals surface area contributed by atoms with Gasteiger partial charge < -0.3 is 4.90 Å². The highest BCUT2D eigenvalue weighted by Gasteiger charge is 2.54. The lowest BCUT2D eigenvalue weighted by Gasteiger charge is -2.44. The number of benzene rings is 1. The lowest BCUT2D eigenvalue weighted by Crippen LogP contribution is -2.50. The third-order valence-electron chi connectivity index (χ3n) is 5.17. The van der Waals surface area contributed by atoms with Gasteiger partial charge in [-0.25, -0.2) is 0 Å². The molecular formula is C17H19N3. The van der Waals surface area contributed by atoms with Crippen LogP contribution in [0.4, 0.5) is 5.69 Å². The van der Waals surface area contributed by atoms with Gasteiger partial charge >= 0.3 is 0 Å². The Bertz CT molecular complexity index is 595. The zero-order chi connectivity index (χ0) is 14.2. The maximum atomic E-state index is 9.53. The summed E-state index contributed by atoms with van der Waals surface area (Å²) in [7, 11) is 2.10. The quantitative estimate of drug-likeness (QED) is 0.823. The van der Waals surface area contributed by atoms with E-state index in [1.807, 2.05) is 0 Å². The second-order valence-corrected chi connectivity index (χ2v) is 6.01. The minimum atomic E-state index is -0.000278. The first-order valence-corrected chi connectivity index (χ1v) is 7.33. The van der Waals surface area contributed by atoms with Crippen molar-refractivity contribution in [1.82, 2.24) is 0 Å². The predicted octanol–water partition coefficient (Wildman–Crippen LogP) is 3.37. The van der Waals surface area contributed by atoms with Gasteiger partial charge in [0.05, 0.1) is 24.1 Å². The molecule has 0 radical (unpaired) electrons. The molecule has 0 spiro atoms. The predicted molar refractivity (Wildman–Crippen MR) is 78.1 cm³/mol. The Hall–Kier alpha value is -2.00. The van der Waals surface area contributed by atoms with Crippen LogP contribution in [0.15, 0.2) is 24.3 Å². The number of hydrogen-bond donors (Lipinski definition) is 0. The Kier molecular flexibility index (Phi) is 3.14. The molecule has 1 heterocycles. The smallest absolute Gasteiger partial charge is 0.0677 e. The van der Waals surface area contributed by atoms with E-state index in [1.54, 1.807) is 0 Å². The zero-order valence-electron chi connectivity index (χ0n) is 11.8. The molecule has 0 saturated heterocycles. The highest BCUT2D eigenvalue weighted by Crippen LogP contribution is 2.55. The number of nitriles is 2. The Labute approximate surface area is 120 Å². The van der Waals surface area contributed by atoms with Gasteiger partial charge in [0.15, 0.2) is 0 Å². The maximum absolute atomic E-state index is 9.53. The first-order chi connectivity index (χ1) is 9.74. The Balaban J connectivity index is 2.13. The van der Waals surface area contributed by atoms with Gasteiger partial charge in [0, 0.05) is 24.6 Å². The third-order valence-corrected chi connectivity index (χ3v) is 5.17. The first-order valence-electron chi connectivity index (χ1n) is 7.33. The lowest BCUT2D eigenvalue weighted by atomic mass is 9.62. The van der Waals surface area contributed by atoms with Gasteiger partial charge in [-0.3, -0.25) is 0 Å². The molecule has 3 rings (SSSR count). The van der Waals surface area contributed by atoms with Gasteiger partial charge in [0.1, 0.15) is 0 Å². The number of para-hydroxylation sites is 1. The van der Waals surface area contributed by atoms with Gasteiger partial charge in [0.25, 0.3) is 0 Å². The van der Waals surface area contributed by atoms with E-state index in [2.05, 4.69) is 48.4 Å². The number of nitrogens with zero attached hydrogens (tertiary/aromatic N) is 3. The molecule has 1 aromatic carbocycles. The molecule has 1 aromatic rings. The first kappa shape index (κ1) is 13.0. The summed E-state index contributed by atoms with van der Waals surface area (Å²) in [6.45, 7) is 0. The van der Waals surface area contributed by atoms with Gasteiger partial charge in [-0.05, 0) is 30.9 Å². The standard InChI is InChI=1S/C17H19N3/c1-20-15-8-3-2-7-14(15)17(10-5-11-18)9-4-6-13(12-19)16(17)20/h2-3,7-8,13,16H,4-6,9-10H2,1H3/t13-,16-,17+/m0/s1. The van der Waals surface area contributed by atoms with Crippen LogP contribution in [0.2, 0.25) is 0 Å². The molecule has 1 saturated carbocycles. The van der Waals surface area contributed by atoms with E-state index in [1.165, 1.54) is 11.3 Å². The number of fused-ring (bicyclic) bond motifs is 3. The molecule has 0 N–H and O–H groups in total. The molecule has 3 atom stereocenters. The summed E-state index contributed by atoms with van der Waals surface area (Å²) in [5.74, 6) is 0.0693. The number of anilines is 1. The van der Waals surface area contributed by atoms with Crippen LogP contribution in [0.1, 0.15) is 37.7 Å². The molecule has 20 heavy (non-hydrogen) atoms. The third kappa shape index (κ3) is 1.63. The van der Waals surface area contributed by atoms with E-state index in [9.17, 15) is 5.26 Å². The van der Waals surface area contributed by atoms with Crippen molar-refractivity contribution >= 4 is 5.69 Å². The molecule has 0 amide bonds. The fraction of sp³-hybridized carbons (Fsp3) is 0.529. The molecule has 0 unspecified atom stereocenters. The number of rotatable bonds is 2. The zero-order valence-corrected chi connectivity index (χ0v) is 11.8. The van der Waals surface area contributed by atoms with Crippen molar-refractivity contribution in [2.75, 3.05) is 11.9 Å². The largest absolute Gasteiger partial charge is 0.369 e. The highest BCUT2D eigenvalue weighted by molar-refractivity contribution is 5.65. The van der Waals surface area contributed by atoms with Crippen LogP contribution >= 0.6 is 0 Å². The molecule has 1 aliphatic heterocycles. The van der Waals surface area contributed by atoms with Crippen LogP contribution in [-0.4, -0.2) is 13.1 Å². The fourth-order valence-electron chi connectivity index (χ4n) is 4.44. The van der Waals surface area contributed by atoms with Crippen LogP contribution < -0.4 is 4.90 Å². The topological polar surface area (TPSA) is 50.8 Å². The normalized spacial score (nSPS) is 31.1. The summed E-state index contributed by atoms with van der Waals surface area (Å²) in [6.07, 6.45) is 4.60. The van der Waals surface area contributed by atoms with E-state index in [0.29, 0.717) is 6.42 Å². The van der Waals surface area contributed by atoms with Crippen LogP contribution in [0.3, 0.4) is 0 Å². The van der Waals surface area contributed by atoms with Crippen molar-refractivity contribution in [3.05, 3.63) is 29.8 Å². The van der Waals surface area contributed by atoms with Crippen molar-refractivity contribution in [2.45, 2.75) is 43.6 Å².